The van der Waals surface area contributed by atoms with Crippen molar-refractivity contribution in [2.24, 2.45) is 11.1 Å². The summed E-state index contributed by atoms with van der Waals surface area (Å²) in [5.41, 5.74) is 6.38. The van der Waals surface area contributed by atoms with Gasteiger partial charge >= 0.3 is 0 Å². The van der Waals surface area contributed by atoms with Gasteiger partial charge in [-0.05, 0) is 36.8 Å². The molecular weight excluding hydrogens is 264 g/mol. The summed E-state index contributed by atoms with van der Waals surface area (Å²) in [6, 6.07) is 3.31. The molecule has 0 saturated carbocycles. The summed E-state index contributed by atoms with van der Waals surface area (Å²) in [6.07, 6.45) is 5.45. The minimum Gasteiger partial charge on any atom is -0.357 e. The minimum absolute atomic E-state index is 0.171. The summed E-state index contributed by atoms with van der Waals surface area (Å²) in [6.45, 7) is 7.99. The Kier molecular flexibility index (Phi) is 4.83. The van der Waals surface area contributed by atoms with Crippen LogP contribution in [0, 0.1) is 5.41 Å². The van der Waals surface area contributed by atoms with Crippen molar-refractivity contribution in [1.29, 1.82) is 0 Å². The number of carbonyl (C=O) groups excluding carboxylic acids is 1. The number of nitrogens with one attached hydrogen (secondary N) is 1. The number of aromatic nitrogens is 1. The standard InChI is InChI=1S/C16H26N4O/c1-16(2,3)14(17)15(21)19-12-7-8-13(18-11-12)20-9-5-4-6-10-20/h7-8,11,14H,4-6,9-10,17H2,1-3H3,(H,19,21)/t14-/m0/s1. The lowest BCUT2D eigenvalue weighted by atomic mass is 9.87. The second kappa shape index (κ2) is 6.43. The molecule has 0 unspecified atom stereocenters. The summed E-state index contributed by atoms with van der Waals surface area (Å²) >= 11 is 0. The SMILES string of the molecule is CC(C)(C)[C@@H](N)C(=O)Nc1ccc(N2CCCCC2)nc1. The summed E-state index contributed by atoms with van der Waals surface area (Å²) in [5.74, 6) is 0.808. The highest BCUT2D eigenvalue weighted by atomic mass is 16.2. The molecule has 1 aromatic rings. The van der Waals surface area contributed by atoms with E-state index in [-0.39, 0.29) is 11.3 Å². The first-order valence-electron chi connectivity index (χ1n) is 7.65. The average molecular weight is 290 g/mol. The Morgan fingerprint density at radius 2 is 1.95 bits per heavy atom. The Morgan fingerprint density at radius 1 is 1.29 bits per heavy atom. The molecule has 21 heavy (non-hydrogen) atoms. The molecule has 0 aromatic carbocycles. The number of amides is 1. The van der Waals surface area contributed by atoms with Crippen molar-refractivity contribution in [1.82, 2.24) is 4.98 Å². The number of hydrogen-bond donors (Lipinski definition) is 2. The van der Waals surface area contributed by atoms with Crippen LogP contribution in [0.3, 0.4) is 0 Å². The molecular formula is C16H26N4O. The lowest BCUT2D eigenvalue weighted by Gasteiger charge is -2.28. The Balaban J connectivity index is 1.97. The van der Waals surface area contributed by atoms with E-state index in [1.807, 2.05) is 32.9 Å². The van der Waals surface area contributed by atoms with Gasteiger partial charge in [0.15, 0.2) is 0 Å². The molecule has 0 bridgehead atoms. The number of rotatable bonds is 3. The fraction of sp³-hybridized carbons (Fsp3) is 0.625. The summed E-state index contributed by atoms with van der Waals surface area (Å²) in [5, 5.41) is 2.83. The number of pyridine rings is 1. The third kappa shape index (κ3) is 4.17. The zero-order chi connectivity index (χ0) is 15.5. The molecule has 1 amide bonds. The van der Waals surface area contributed by atoms with Crippen LogP contribution in [-0.2, 0) is 4.79 Å². The van der Waals surface area contributed by atoms with Gasteiger partial charge in [0.25, 0.3) is 0 Å². The van der Waals surface area contributed by atoms with Crippen LogP contribution < -0.4 is 16.0 Å². The molecule has 5 nitrogen and oxygen atoms in total. The van der Waals surface area contributed by atoms with E-state index in [1.54, 1.807) is 6.20 Å². The second-order valence-corrected chi connectivity index (χ2v) is 6.79. The normalized spacial score (nSPS) is 17.4. The van der Waals surface area contributed by atoms with Gasteiger partial charge < -0.3 is 16.0 Å². The van der Waals surface area contributed by atoms with Crippen LogP contribution in [0.1, 0.15) is 40.0 Å². The maximum atomic E-state index is 12.1. The van der Waals surface area contributed by atoms with Crippen molar-refractivity contribution in [3.63, 3.8) is 0 Å². The van der Waals surface area contributed by atoms with Crippen molar-refractivity contribution >= 4 is 17.4 Å². The summed E-state index contributed by atoms with van der Waals surface area (Å²) < 4.78 is 0. The van der Waals surface area contributed by atoms with Gasteiger partial charge in [0.05, 0.1) is 17.9 Å². The van der Waals surface area contributed by atoms with Gasteiger partial charge in [-0.3, -0.25) is 4.79 Å². The number of nitrogens with two attached hydrogens (primary N) is 1. The number of anilines is 2. The maximum Gasteiger partial charge on any atom is 0.241 e. The molecule has 1 saturated heterocycles. The van der Waals surface area contributed by atoms with Crippen molar-refractivity contribution in [2.75, 3.05) is 23.3 Å². The average Bonchev–Trinajstić information content (AvgIpc) is 2.47. The van der Waals surface area contributed by atoms with Gasteiger partial charge in [0.2, 0.25) is 5.91 Å². The van der Waals surface area contributed by atoms with E-state index in [1.165, 1.54) is 19.3 Å². The second-order valence-electron chi connectivity index (χ2n) is 6.79. The van der Waals surface area contributed by atoms with Crippen LogP contribution in [-0.4, -0.2) is 30.0 Å². The van der Waals surface area contributed by atoms with Crippen molar-refractivity contribution in [3.8, 4) is 0 Å². The highest BCUT2D eigenvalue weighted by molar-refractivity contribution is 5.95. The number of nitrogens with zero attached hydrogens (tertiary/aromatic N) is 2. The van der Waals surface area contributed by atoms with Gasteiger partial charge in [0, 0.05) is 13.1 Å². The molecule has 2 rings (SSSR count). The molecule has 2 heterocycles. The fourth-order valence-electron chi connectivity index (χ4n) is 2.38. The van der Waals surface area contributed by atoms with Gasteiger partial charge in [-0.2, -0.15) is 0 Å². The van der Waals surface area contributed by atoms with Crippen LogP contribution in [0.2, 0.25) is 0 Å². The molecule has 116 valence electrons. The lowest BCUT2D eigenvalue weighted by Crippen LogP contribution is -2.45. The summed E-state index contributed by atoms with van der Waals surface area (Å²) in [7, 11) is 0. The molecule has 0 radical (unpaired) electrons. The molecule has 3 N–H and O–H groups in total. The van der Waals surface area contributed by atoms with E-state index in [0.29, 0.717) is 5.69 Å². The van der Waals surface area contributed by atoms with E-state index in [0.717, 1.165) is 18.9 Å². The Labute approximate surface area is 126 Å². The first-order chi connectivity index (χ1) is 9.88. The molecule has 1 aliphatic rings. The van der Waals surface area contributed by atoms with Crippen LogP contribution in [0.15, 0.2) is 18.3 Å². The van der Waals surface area contributed by atoms with Crippen LogP contribution in [0.25, 0.3) is 0 Å². The Hall–Kier alpha value is -1.62. The molecule has 0 aliphatic carbocycles. The van der Waals surface area contributed by atoms with Gasteiger partial charge in [0.1, 0.15) is 5.82 Å². The smallest absolute Gasteiger partial charge is 0.241 e. The molecule has 1 aliphatic heterocycles. The Bertz CT molecular complexity index is 472. The van der Waals surface area contributed by atoms with Crippen molar-refractivity contribution in [3.05, 3.63) is 18.3 Å². The van der Waals surface area contributed by atoms with Crippen molar-refractivity contribution in [2.45, 2.75) is 46.1 Å². The third-order valence-corrected chi connectivity index (χ3v) is 3.91. The molecule has 0 spiro atoms. The van der Waals surface area contributed by atoms with Crippen LogP contribution in [0.4, 0.5) is 11.5 Å². The van der Waals surface area contributed by atoms with Gasteiger partial charge in [-0.15, -0.1) is 0 Å². The largest absolute Gasteiger partial charge is 0.357 e. The highest BCUT2D eigenvalue weighted by Crippen LogP contribution is 2.21. The maximum absolute atomic E-state index is 12.1. The van der Waals surface area contributed by atoms with Crippen LogP contribution >= 0.6 is 0 Å². The van der Waals surface area contributed by atoms with Gasteiger partial charge in [-0.25, -0.2) is 4.98 Å². The topological polar surface area (TPSA) is 71.2 Å². The quantitative estimate of drug-likeness (QED) is 0.896. The minimum atomic E-state index is -0.542. The van der Waals surface area contributed by atoms with E-state index >= 15 is 0 Å². The lowest BCUT2D eigenvalue weighted by molar-refractivity contribution is -0.119. The number of carbonyl (C=O) groups is 1. The van der Waals surface area contributed by atoms with E-state index < -0.39 is 6.04 Å². The first-order valence-corrected chi connectivity index (χ1v) is 7.65. The summed E-state index contributed by atoms with van der Waals surface area (Å²) in [4.78, 5) is 18.8. The van der Waals surface area contributed by atoms with Crippen molar-refractivity contribution < 1.29 is 4.79 Å². The molecule has 5 heteroatoms. The van der Waals surface area contributed by atoms with Gasteiger partial charge in [-0.1, -0.05) is 20.8 Å². The molecule has 1 fully saturated rings. The third-order valence-electron chi connectivity index (χ3n) is 3.91. The number of piperidine rings is 1. The molecule has 1 aromatic heterocycles. The predicted octanol–water partition coefficient (Wildman–Crippen LogP) is 2.38. The van der Waals surface area contributed by atoms with E-state index in [9.17, 15) is 4.79 Å². The van der Waals surface area contributed by atoms with E-state index in [4.69, 9.17) is 5.73 Å². The zero-order valence-corrected chi connectivity index (χ0v) is 13.2. The fourth-order valence-corrected chi connectivity index (χ4v) is 2.38. The zero-order valence-electron chi connectivity index (χ0n) is 13.2. The molecule has 1 atom stereocenters. The Morgan fingerprint density at radius 3 is 2.48 bits per heavy atom. The monoisotopic (exact) mass is 290 g/mol. The number of hydrogen-bond acceptors (Lipinski definition) is 4. The van der Waals surface area contributed by atoms with E-state index in [2.05, 4.69) is 15.2 Å². The van der Waals surface area contributed by atoms with Crippen LogP contribution in [0.5, 0.6) is 0 Å². The highest BCUT2D eigenvalue weighted by Gasteiger charge is 2.27. The first kappa shape index (κ1) is 15.8. The predicted molar refractivity (Wildman–Crippen MR) is 86.4 cm³/mol.